The van der Waals surface area contributed by atoms with Gasteiger partial charge in [-0.05, 0) is 42.2 Å². The van der Waals surface area contributed by atoms with E-state index in [0.29, 0.717) is 11.3 Å². The van der Waals surface area contributed by atoms with Crippen LogP contribution in [-0.2, 0) is 6.42 Å². The van der Waals surface area contributed by atoms with Gasteiger partial charge in [-0.1, -0.05) is 18.7 Å². The van der Waals surface area contributed by atoms with Gasteiger partial charge in [0.15, 0.2) is 5.17 Å². The third-order valence-corrected chi connectivity index (χ3v) is 4.40. The molecule has 16 heavy (non-hydrogen) atoms. The van der Waals surface area contributed by atoms with Crippen molar-refractivity contribution in [3.8, 4) is 0 Å². The largest absolute Gasteiger partial charge is 0.362 e. The van der Waals surface area contributed by atoms with Gasteiger partial charge in [-0.3, -0.25) is 4.99 Å². The molecule has 2 atom stereocenters. The molecule has 1 aliphatic heterocycles. The Kier molecular flexibility index (Phi) is 4.29. The fourth-order valence-electron chi connectivity index (χ4n) is 1.84. The molecule has 4 heteroatoms. The molecule has 0 bridgehead atoms. The van der Waals surface area contributed by atoms with Crippen molar-refractivity contribution >= 4 is 28.3 Å². The van der Waals surface area contributed by atoms with Crippen LogP contribution in [0.1, 0.15) is 25.8 Å². The standard InChI is InChI=1S/C12H18N2S2/c1-9-7-10(2)16-12(14-9)13-5-3-11-4-6-15-8-11/h4,6,8-10H,3,5,7H2,1-2H3,(H,13,14). The molecule has 1 aromatic heterocycles. The van der Waals surface area contributed by atoms with Gasteiger partial charge in [-0.2, -0.15) is 11.3 Å². The Labute approximate surface area is 106 Å². The molecule has 88 valence electrons. The zero-order chi connectivity index (χ0) is 11.4. The van der Waals surface area contributed by atoms with Crippen LogP contribution in [0, 0.1) is 0 Å². The second-order valence-corrected chi connectivity index (χ2v) is 6.49. The van der Waals surface area contributed by atoms with Gasteiger partial charge in [0, 0.05) is 17.8 Å². The normalized spacial score (nSPS) is 28.0. The molecule has 0 radical (unpaired) electrons. The van der Waals surface area contributed by atoms with E-state index >= 15 is 0 Å². The summed E-state index contributed by atoms with van der Waals surface area (Å²) in [5.74, 6) is 0. The van der Waals surface area contributed by atoms with E-state index in [0.717, 1.165) is 18.1 Å². The molecule has 1 saturated heterocycles. The maximum absolute atomic E-state index is 4.63. The molecular formula is C12H18N2S2. The highest BCUT2D eigenvalue weighted by Crippen LogP contribution is 2.22. The average molecular weight is 254 g/mol. The molecule has 2 rings (SSSR count). The maximum Gasteiger partial charge on any atom is 0.157 e. The van der Waals surface area contributed by atoms with Crippen LogP contribution >= 0.6 is 23.1 Å². The molecule has 1 aromatic rings. The second kappa shape index (κ2) is 5.73. The minimum atomic E-state index is 0.566. The molecule has 1 aliphatic rings. The SMILES string of the molecule is CC1CC(C)SC(=NCCc2ccsc2)N1. The lowest BCUT2D eigenvalue weighted by molar-refractivity contribution is 0.597. The van der Waals surface area contributed by atoms with Gasteiger partial charge >= 0.3 is 0 Å². The van der Waals surface area contributed by atoms with Crippen molar-refractivity contribution in [1.29, 1.82) is 0 Å². The third kappa shape index (κ3) is 3.52. The lowest BCUT2D eigenvalue weighted by Gasteiger charge is -2.26. The number of hydrogen-bond donors (Lipinski definition) is 1. The first-order valence-electron chi connectivity index (χ1n) is 5.73. The summed E-state index contributed by atoms with van der Waals surface area (Å²) in [4.78, 5) is 4.63. The summed E-state index contributed by atoms with van der Waals surface area (Å²) < 4.78 is 0. The van der Waals surface area contributed by atoms with Crippen LogP contribution in [0.5, 0.6) is 0 Å². The molecule has 0 amide bonds. The molecule has 0 aliphatic carbocycles. The maximum atomic E-state index is 4.63. The number of thioether (sulfide) groups is 1. The summed E-state index contributed by atoms with van der Waals surface area (Å²) in [7, 11) is 0. The van der Waals surface area contributed by atoms with E-state index < -0.39 is 0 Å². The van der Waals surface area contributed by atoms with Crippen LogP contribution in [0.15, 0.2) is 21.8 Å². The predicted molar refractivity (Wildman–Crippen MR) is 74.6 cm³/mol. The van der Waals surface area contributed by atoms with Gasteiger partial charge < -0.3 is 5.32 Å². The van der Waals surface area contributed by atoms with Crippen molar-refractivity contribution in [2.45, 2.75) is 38.0 Å². The lowest BCUT2D eigenvalue weighted by atomic mass is 10.2. The van der Waals surface area contributed by atoms with Gasteiger partial charge in [0.1, 0.15) is 0 Å². The first kappa shape index (κ1) is 12.0. The number of rotatable bonds is 3. The molecule has 0 saturated carbocycles. The van der Waals surface area contributed by atoms with E-state index in [4.69, 9.17) is 0 Å². The van der Waals surface area contributed by atoms with E-state index in [2.05, 4.69) is 41.0 Å². The van der Waals surface area contributed by atoms with Crippen molar-refractivity contribution in [1.82, 2.24) is 5.32 Å². The molecule has 2 unspecified atom stereocenters. The molecule has 1 fully saturated rings. The quantitative estimate of drug-likeness (QED) is 0.896. The van der Waals surface area contributed by atoms with E-state index in [9.17, 15) is 0 Å². The lowest BCUT2D eigenvalue weighted by Crippen LogP contribution is -2.38. The van der Waals surface area contributed by atoms with Crippen molar-refractivity contribution in [3.05, 3.63) is 22.4 Å². The summed E-state index contributed by atoms with van der Waals surface area (Å²) in [5, 5.41) is 9.59. The van der Waals surface area contributed by atoms with E-state index in [1.807, 2.05) is 11.8 Å². The minimum Gasteiger partial charge on any atom is -0.362 e. The summed E-state index contributed by atoms with van der Waals surface area (Å²) in [6, 6.07) is 2.74. The average Bonchev–Trinajstić information content (AvgIpc) is 2.69. The Morgan fingerprint density at radius 1 is 1.50 bits per heavy atom. The van der Waals surface area contributed by atoms with E-state index in [-0.39, 0.29) is 0 Å². The van der Waals surface area contributed by atoms with Crippen LogP contribution < -0.4 is 5.32 Å². The summed E-state index contributed by atoms with van der Waals surface area (Å²) >= 11 is 3.63. The Morgan fingerprint density at radius 2 is 2.38 bits per heavy atom. The molecular weight excluding hydrogens is 236 g/mol. The van der Waals surface area contributed by atoms with Crippen molar-refractivity contribution in [2.24, 2.45) is 4.99 Å². The number of thiophene rings is 1. The second-order valence-electron chi connectivity index (χ2n) is 4.28. The van der Waals surface area contributed by atoms with Gasteiger partial charge in [0.05, 0.1) is 0 Å². The van der Waals surface area contributed by atoms with Crippen molar-refractivity contribution < 1.29 is 0 Å². The number of aliphatic imine (C=N–C) groups is 1. The zero-order valence-corrected chi connectivity index (χ0v) is 11.4. The Hall–Kier alpha value is -0.480. The highest BCUT2D eigenvalue weighted by atomic mass is 32.2. The number of nitrogens with zero attached hydrogens (tertiary/aromatic N) is 1. The highest BCUT2D eigenvalue weighted by Gasteiger charge is 2.19. The number of nitrogens with one attached hydrogen (secondary N) is 1. The number of hydrogen-bond acceptors (Lipinski definition) is 3. The fraction of sp³-hybridized carbons (Fsp3) is 0.583. The first-order chi connectivity index (χ1) is 7.74. The Morgan fingerprint density at radius 3 is 3.06 bits per heavy atom. The molecule has 1 N–H and O–H groups in total. The first-order valence-corrected chi connectivity index (χ1v) is 7.55. The van der Waals surface area contributed by atoms with Crippen LogP contribution in [-0.4, -0.2) is 23.0 Å². The summed E-state index contributed by atoms with van der Waals surface area (Å²) in [5.41, 5.74) is 1.40. The molecule has 2 nitrogen and oxygen atoms in total. The van der Waals surface area contributed by atoms with Gasteiger partial charge in [-0.15, -0.1) is 0 Å². The van der Waals surface area contributed by atoms with Gasteiger partial charge in [0.2, 0.25) is 0 Å². The Bertz CT molecular complexity index is 334. The van der Waals surface area contributed by atoms with Crippen LogP contribution in [0.2, 0.25) is 0 Å². The molecule has 0 spiro atoms. The highest BCUT2D eigenvalue weighted by molar-refractivity contribution is 8.14. The van der Waals surface area contributed by atoms with E-state index in [1.54, 1.807) is 11.3 Å². The molecule has 2 heterocycles. The van der Waals surface area contributed by atoms with Gasteiger partial charge in [-0.25, -0.2) is 0 Å². The summed E-state index contributed by atoms with van der Waals surface area (Å²) in [6.45, 7) is 5.40. The smallest absolute Gasteiger partial charge is 0.157 e. The van der Waals surface area contributed by atoms with Crippen LogP contribution in [0.4, 0.5) is 0 Å². The van der Waals surface area contributed by atoms with E-state index in [1.165, 1.54) is 12.0 Å². The number of amidine groups is 1. The van der Waals surface area contributed by atoms with Crippen molar-refractivity contribution in [3.63, 3.8) is 0 Å². The molecule has 0 aromatic carbocycles. The monoisotopic (exact) mass is 254 g/mol. The predicted octanol–water partition coefficient (Wildman–Crippen LogP) is 3.15. The Balaban J connectivity index is 1.82. The van der Waals surface area contributed by atoms with Crippen molar-refractivity contribution in [2.75, 3.05) is 6.54 Å². The van der Waals surface area contributed by atoms with Crippen LogP contribution in [0.25, 0.3) is 0 Å². The minimum absolute atomic E-state index is 0.566. The van der Waals surface area contributed by atoms with Crippen LogP contribution in [0.3, 0.4) is 0 Å². The topological polar surface area (TPSA) is 24.4 Å². The van der Waals surface area contributed by atoms with Gasteiger partial charge in [0.25, 0.3) is 0 Å². The fourth-order valence-corrected chi connectivity index (χ4v) is 3.75. The third-order valence-electron chi connectivity index (χ3n) is 2.60. The summed E-state index contributed by atoms with van der Waals surface area (Å²) in [6.07, 6.45) is 2.28. The zero-order valence-electron chi connectivity index (χ0n) is 9.77.